The molecule has 2 aromatic rings. The Kier molecular flexibility index (Phi) is 3.03. The molecule has 0 aliphatic rings. The van der Waals surface area contributed by atoms with Crippen LogP contribution >= 0.6 is 0 Å². The second-order valence-electron chi connectivity index (χ2n) is 4.12. The summed E-state index contributed by atoms with van der Waals surface area (Å²) < 4.78 is 0. The number of rotatable bonds is 2. The third-order valence-corrected chi connectivity index (χ3v) is 2.70. The third-order valence-electron chi connectivity index (χ3n) is 2.70. The fourth-order valence-corrected chi connectivity index (χ4v) is 1.91. The van der Waals surface area contributed by atoms with Gasteiger partial charge in [0.2, 0.25) is 0 Å². The van der Waals surface area contributed by atoms with Crippen molar-refractivity contribution in [2.45, 2.75) is 0 Å². The monoisotopic (exact) mass is 277 g/mol. The predicted octanol–water partition coefficient (Wildman–Crippen LogP) is 0.980. The van der Waals surface area contributed by atoms with Gasteiger partial charge < -0.3 is 31.3 Å². The number of aromatic hydroxyl groups is 5. The van der Waals surface area contributed by atoms with E-state index < -0.39 is 28.7 Å². The number of carbonyl (C=O) groups is 1. The summed E-state index contributed by atoms with van der Waals surface area (Å²) in [6.07, 6.45) is 0. The van der Waals surface area contributed by atoms with Gasteiger partial charge >= 0.3 is 0 Å². The van der Waals surface area contributed by atoms with Crippen LogP contribution in [-0.2, 0) is 0 Å². The van der Waals surface area contributed by atoms with Gasteiger partial charge in [0.1, 0.15) is 34.3 Å². The van der Waals surface area contributed by atoms with E-state index in [1.54, 1.807) is 0 Å². The number of phenols is 5. The van der Waals surface area contributed by atoms with Gasteiger partial charge in [-0.1, -0.05) is 0 Å². The minimum Gasteiger partial charge on any atom is -0.508 e. The van der Waals surface area contributed by atoms with Crippen molar-refractivity contribution < 1.29 is 30.3 Å². The van der Waals surface area contributed by atoms with Gasteiger partial charge in [-0.2, -0.15) is 0 Å². The topological polar surface area (TPSA) is 144 Å². The molecule has 104 valence electrons. The molecule has 0 aromatic heterocycles. The van der Waals surface area contributed by atoms with Crippen LogP contribution in [0, 0.1) is 0 Å². The molecule has 0 fully saturated rings. The van der Waals surface area contributed by atoms with E-state index in [9.17, 15) is 30.3 Å². The first kappa shape index (κ1) is 13.3. The molecule has 0 radical (unpaired) electrons. The van der Waals surface area contributed by atoms with Crippen LogP contribution in [-0.4, -0.2) is 31.4 Å². The van der Waals surface area contributed by atoms with Crippen LogP contribution in [0.3, 0.4) is 0 Å². The lowest BCUT2D eigenvalue weighted by Crippen LogP contribution is -2.11. The van der Waals surface area contributed by atoms with E-state index in [4.69, 9.17) is 5.73 Å². The van der Waals surface area contributed by atoms with Gasteiger partial charge in [-0.15, -0.1) is 0 Å². The fourth-order valence-electron chi connectivity index (χ4n) is 1.91. The molecule has 0 saturated carbocycles. The Hall–Kier alpha value is -3.09. The van der Waals surface area contributed by atoms with Gasteiger partial charge in [-0.3, -0.25) is 4.79 Å². The standard InChI is InChI=1S/C13H11NO6/c14-13(20)11-9(18)4-8(17)10(12(11)19)5-1-6(15)3-7(16)2-5/h1-4,15-19H,(H2,14,20). The zero-order valence-corrected chi connectivity index (χ0v) is 10.0. The zero-order chi connectivity index (χ0) is 15.0. The first-order valence-corrected chi connectivity index (χ1v) is 5.42. The summed E-state index contributed by atoms with van der Waals surface area (Å²) in [7, 11) is 0. The largest absolute Gasteiger partial charge is 0.508 e. The summed E-state index contributed by atoms with van der Waals surface area (Å²) in [6.45, 7) is 0. The number of hydrogen-bond acceptors (Lipinski definition) is 6. The molecular weight excluding hydrogens is 266 g/mol. The second-order valence-corrected chi connectivity index (χ2v) is 4.12. The lowest BCUT2D eigenvalue weighted by atomic mass is 9.98. The highest BCUT2D eigenvalue weighted by molar-refractivity contribution is 6.02. The number of benzene rings is 2. The highest BCUT2D eigenvalue weighted by Crippen LogP contribution is 2.45. The van der Waals surface area contributed by atoms with Crippen molar-refractivity contribution in [3.63, 3.8) is 0 Å². The molecule has 0 bridgehead atoms. The fraction of sp³-hybridized carbons (Fsp3) is 0. The van der Waals surface area contributed by atoms with Crippen LogP contribution in [0.2, 0.25) is 0 Å². The summed E-state index contributed by atoms with van der Waals surface area (Å²) in [5, 5.41) is 48.1. The Morgan fingerprint density at radius 3 is 1.90 bits per heavy atom. The molecule has 0 aliphatic carbocycles. The molecule has 0 saturated heterocycles. The van der Waals surface area contributed by atoms with Crippen molar-refractivity contribution in [3.8, 4) is 39.9 Å². The maximum absolute atomic E-state index is 11.2. The SMILES string of the molecule is NC(=O)c1c(O)cc(O)c(-c2cc(O)cc(O)c2)c1O. The number of amides is 1. The Morgan fingerprint density at radius 2 is 1.40 bits per heavy atom. The molecule has 7 N–H and O–H groups in total. The van der Waals surface area contributed by atoms with Crippen LogP contribution in [0.25, 0.3) is 11.1 Å². The minimum absolute atomic E-state index is 0.0417. The smallest absolute Gasteiger partial charge is 0.256 e. The minimum atomic E-state index is -1.09. The molecule has 0 aliphatic heterocycles. The van der Waals surface area contributed by atoms with E-state index >= 15 is 0 Å². The van der Waals surface area contributed by atoms with E-state index in [1.165, 1.54) is 0 Å². The lowest BCUT2D eigenvalue weighted by molar-refractivity contribution is 0.0995. The first-order valence-electron chi connectivity index (χ1n) is 5.42. The average Bonchev–Trinajstić information content (AvgIpc) is 2.25. The second kappa shape index (κ2) is 4.54. The number of hydrogen-bond donors (Lipinski definition) is 6. The Labute approximate surface area is 112 Å². The summed E-state index contributed by atoms with van der Waals surface area (Å²) in [4.78, 5) is 11.2. The van der Waals surface area contributed by atoms with Crippen LogP contribution in [0.4, 0.5) is 0 Å². The van der Waals surface area contributed by atoms with E-state index in [0.717, 1.165) is 24.3 Å². The normalized spacial score (nSPS) is 10.4. The van der Waals surface area contributed by atoms with E-state index in [0.29, 0.717) is 0 Å². The van der Waals surface area contributed by atoms with Crippen molar-refractivity contribution in [1.82, 2.24) is 0 Å². The Balaban J connectivity index is 2.80. The van der Waals surface area contributed by atoms with Crippen molar-refractivity contribution in [2.75, 3.05) is 0 Å². The quantitative estimate of drug-likeness (QED) is 0.482. The van der Waals surface area contributed by atoms with Crippen molar-refractivity contribution in [1.29, 1.82) is 0 Å². The van der Waals surface area contributed by atoms with E-state index in [2.05, 4.69) is 0 Å². The van der Waals surface area contributed by atoms with Crippen LogP contribution in [0.1, 0.15) is 10.4 Å². The molecule has 2 aromatic carbocycles. The number of phenolic OH excluding ortho intramolecular Hbond substituents is 3. The van der Waals surface area contributed by atoms with Crippen LogP contribution in [0.15, 0.2) is 24.3 Å². The molecule has 0 atom stereocenters. The molecule has 0 spiro atoms. The van der Waals surface area contributed by atoms with Gasteiger partial charge in [0.25, 0.3) is 5.91 Å². The zero-order valence-electron chi connectivity index (χ0n) is 10.0. The number of carbonyl (C=O) groups excluding carboxylic acids is 1. The lowest BCUT2D eigenvalue weighted by Gasteiger charge is -2.12. The Bertz CT molecular complexity index is 690. The maximum atomic E-state index is 11.2. The van der Waals surface area contributed by atoms with Gasteiger partial charge in [-0.05, 0) is 17.7 Å². The molecule has 20 heavy (non-hydrogen) atoms. The maximum Gasteiger partial charge on any atom is 0.256 e. The molecule has 0 heterocycles. The summed E-state index contributed by atoms with van der Waals surface area (Å²) in [5.41, 5.74) is 4.26. The molecular formula is C13H11NO6. The van der Waals surface area contributed by atoms with Gasteiger partial charge in [0, 0.05) is 12.1 Å². The molecule has 7 nitrogen and oxygen atoms in total. The van der Waals surface area contributed by atoms with Gasteiger partial charge in [-0.25, -0.2) is 0 Å². The van der Waals surface area contributed by atoms with Crippen LogP contribution < -0.4 is 5.73 Å². The highest BCUT2D eigenvalue weighted by atomic mass is 16.3. The average molecular weight is 277 g/mol. The van der Waals surface area contributed by atoms with Crippen molar-refractivity contribution >= 4 is 5.91 Å². The summed E-state index contributed by atoms with van der Waals surface area (Å²) in [6, 6.07) is 4.18. The van der Waals surface area contributed by atoms with Crippen molar-refractivity contribution in [2.24, 2.45) is 5.73 Å². The van der Waals surface area contributed by atoms with Gasteiger partial charge in [0.05, 0.1) is 5.56 Å². The summed E-state index contributed by atoms with van der Waals surface area (Å²) in [5.74, 6) is -3.69. The molecule has 2 rings (SSSR count). The number of primary amides is 1. The van der Waals surface area contributed by atoms with Crippen LogP contribution in [0.5, 0.6) is 28.7 Å². The highest BCUT2D eigenvalue weighted by Gasteiger charge is 2.22. The predicted molar refractivity (Wildman–Crippen MR) is 68.7 cm³/mol. The van der Waals surface area contributed by atoms with E-state index in [1.807, 2.05) is 0 Å². The molecule has 7 heteroatoms. The third kappa shape index (κ3) is 2.12. The Morgan fingerprint density at radius 1 is 0.850 bits per heavy atom. The molecule has 0 unspecified atom stereocenters. The molecule has 1 amide bonds. The van der Waals surface area contributed by atoms with Crippen molar-refractivity contribution in [3.05, 3.63) is 29.8 Å². The van der Waals surface area contributed by atoms with Gasteiger partial charge in [0.15, 0.2) is 0 Å². The van der Waals surface area contributed by atoms with E-state index in [-0.39, 0.29) is 22.6 Å². The summed E-state index contributed by atoms with van der Waals surface area (Å²) >= 11 is 0. The first-order chi connectivity index (χ1) is 9.31. The number of nitrogens with two attached hydrogens (primary N) is 1.